The number of hydrogen-bond acceptors (Lipinski definition) is 4. The SMILES string of the molecule is Cc1ccc(OCC(=O)OCC(=O)c2ccc(C3CCCCC3)cc2)cc1C. The van der Waals surface area contributed by atoms with Gasteiger partial charge in [0.05, 0.1) is 0 Å². The fourth-order valence-corrected chi connectivity index (χ4v) is 3.59. The monoisotopic (exact) mass is 380 g/mol. The third-order valence-electron chi connectivity index (χ3n) is 5.51. The highest BCUT2D eigenvalue weighted by atomic mass is 16.6. The van der Waals surface area contributed by atoms with Gasteiger partial charge in [-0.3, -0.25) is 4.79 Å². The molecule has 0 aromatic heterocycles. The molecule has 0 amide bonds. The van der Waals surface area contributed by atoms with E-state index in [9.17, 15) is 9.59 Å². The predicted octanol–water partition coefficient (Wildman–Crippen LogP) is 5.16. The largest absolute Gasteiger partial charge is 0.482 e. The number of carbonyl (C=O) groups is 2. The van der Waals surface area contributed by atoms with E-state index in [1.807, 2.05) is 56.3 Å². The normalized spacial score (nSPS) is 14.5. The molecule has 0 atom stereocenters. The molecule has 1 aliphatic rings. The van der Waals surface area contributed by atoms with Gasteiger partial charge in [0.25, 0.3) is 0 Å². The molecular formula is C24H28O4. The summed E-state index contributed by atoms with van der Waals surface area (Å²) in [6.45, 7) is 3.52. The second-order valence-corrected chi connectivity index (χ2v) is 7.58. The lowest BCUT2D eigenvalue weighted by molar-refractivity contribution is -0.144. The van der Waals surface area contributed by atoms with E-state index in [0.717, 1.165) is 11.1 Å². The molecule has 0 N–H and O–H groups in total. The minimum absolute atomic E-state index is 0.199. The predicted molar refractivity (Wildman–Crippen MR) is 109 cm³/mol. The first kappa shape index (κ1) is 20.1. The summed E-state index contributed by atoms with van der Waals surface area (Å²) in [6.07, 6.45) is 6.35. The first-order chi connectivity index (χ1) is 13.5. The number of benzene rings is 2. The minimum Gasteiger partial charge on any atom is -0.482 e. The van der Waals surface area contributed by atoms with E-state index < -0.39 is 5.97 Å². The van der Waals surface area contributed by atoms with Gasteiger partial charge in [-0.25, -0.2) is 4.79 Å². The van der Waals surface area contributed by atoms with Gasteiger partial charge in [-0.2, -0.15) is 0 Å². The molecule has 2 aromatic rings. The second kappa shape index (κ2) is 9.54. The molecule has 0 unspecified atom stereocenters. The lowest BCUT2D eigenvalue weighted by Gasteiger charge is -2.22. The Labute approximate surface area is 166 Å². The molecule has 0 saturated heterocycles. The highest BCUT2D eigenvalue weighted by Gasteiger charge is 2.16. The van der Waals surface area contributed by atoms with Crippen LogP contribution in [0.4, 0.5) is 0 Å². The zero-order valence-electron chi connectivity index (χ0n) is 16.7. The zero-order chi connectivity index (χ0) is 19.9. The summed E-state index contributed by atoms with van der Waals surface area (Å²) < 4.78 is 10.5. The highest BCUT2D eigenvalue weighted by molar-refractivity contribution is 5.98. The van der Waals surface area contributed by atoms with Gasteiger partial charge in [-0.1, -0.05) is 49.6 Å². The lowest BCUT2D eigenvalue weighted by atomic mass is 9.84. The molecule has 4 nitrogen and oxygen atoms in total. The van der Waals surface area contributed by atoms with Gasteiger partial charge < -0.3 is 9.47 Å². The molecule has 3 rings (SSSR count). The molecule has 1 aliphatic carbocycles. The van der Waals surface area contributed by atoms with Gasteiger partial charge in [-0.05, 0) is 61.4 Å². The number of ketones is 1. The maximum atomic E-state index is 12.3. The molecule has 0 heterocycles. The molecule has 1 saturated carbocycles. The number of Topliss-reactive ketones (excluding diaryl/α,β-unsaturated/α-hetero) is 1. The van der Waals surface area contributed by atoms with Gasteiger partial charge in [0.1, 0.15) is 5.75 Å². The van der Waals surface area contributed by atoms with Gasteiger partial charge in [0, 0.05) is 5.56 Å². The summed E-state index contributed by atoms with van der Waals surface area (Å²) in [5, 5.41) is 0. The third-order valence-corrected chi connectivity index (χ3v) is 5.51. The Balaban J connectivity index is 1.45. The first-order valence-electron chi connectivity index (χ1n) is 10.0. The fourth-order valence-electron chi connectivity index (χ4n) is 3.59. The number of ether oxygens (including phenoxy) is 2. The summed E-state index contributed by atoms with van der Waals surface area (Å²) in [5.41, 5.74) is 4.13. The summed E-state index contributed by atoms with van der Waals surface area (Å²) in [4.78, 5) is 24.1. The van der Waals surface area contributed by atoms with Crippen molar-refractivity contribution in [1.82, 2.24) is 0 Å². The average molecular weight is 380 g/mol. The number of rotatable bonds is 7. The maximum Gasteiger partial charge on any atom is 0.344 e. The van der Waals surface area contributed by atoms with E-state index in [1.165, 1.54) is 37.7 Å². The average Bonchev–Trinajstić information content (AvgIpc) is 2.73. The van der Waals surface area contributed by atoms with Crippen molar-refractivity contribution in [2.24, 2.45) is 0 Å². The summed E-state index contributed by atoms with van der Waals surface area (Å²) in [6, 6.07) is 13.4. The Morgan fingerprint density at radius 2 is 1.61 bits per heavy atom. The molecule has 4 heteroatoms. The molecule has 0 radical (unpaired) electrons. The van der Waals surface area contributed by atoms with E-state index in [2.05, 4.69) is 0 Å². The van der Waals surface area contributed by atoms with Crippen LogP contribution in [-0.2, 0) is 9.53 Å². The molecular weight excluding hydrogens is 352 g/mol. The Kier molecular flexibility index (Phi) is 6.85. The van der Waals surface area contributed by atoms with E-state index >= 15 is 0 Å². The fraction of sp³-hybridized carbons (Fsp3) is 0.417. The number of carbonyl (C=O) groups excluding carboxylic acids is 2. The van der Waals surface area contributed by atoms with E-state index in [-0.39, 0.29) is 19.0 Å². The number of esters is 1. The van der Waals surface area contributed by atoms with Crippen LogP contribution >= 0.6 is 0 Å². The molecule has 0 bridgehead atoms. The van der Waals surface area contributed by atoms with Crippen LogP contribution in [0.2, 0.25) is 0 Å². The van der Waals surface area contributed by atoms with Crippen LogP contribution < -0.4 is 4.74 Å². The van der Waals surface area contributed by atoms with Gasteiger partial charge in [-0.15, -0.1) is 0 Å². The maximum absolute atomic E-state index is 12.3. The van der Waals surface area contributed by atoms with E-state index in [1.54, 1.807) is 0 Å². The Hall–Kier alpha value is -2.62. The van der Waals surface area contributed by atoms with Crippen molar-refractivity contribution in [1.29, 1.82) is 0 Å². The van der Waals surface area contributed by atoms with E-state index in [0.29, 0.717) is 17.2 Å². The van der Waals surface area contributed by atoms with E-state index in [4.69, 9.17) is 9.47 Å². The van der Waals surface area contributed by atoms with Gasteiger partial charge >= 0.3 is 5.97 Å². The molecule has 0 spiro atoms. The van der Waals surface area contributed by atoms with Crippen molar-refractivity contribution in [2.75, 3.05) is 13.2 Å². The van der Waals surface area contributed by atoms with Crippen molar-refractivity contribution in [3.05, 3.63) is 64.7 Å². The molecule has 1 fully saturated rings. The van der Waals surface area contributed by atoms with Crippen LogP contribution in [0.25, 0.3) is 0 Å². The molecule has 148 valence electrons. The molecule has 0 aliphatic heterocycles. The Morgan fingerprint density at radius 1 is 0.893 bits per heavy atom. The summed E-state index contributed by atoms with van der Waals surface area (Å²) in [7, 11) is 0. The standard InChI is InChI=1S/C24H28O4/c1-17-8-13-22(14-18(17)2)27-16-24(26)28-15-23(25)21-11-9-20(10-12-21)19-6-4-3-5-7-19/h8-14,19H,3-7,15-16H2,1-2H3. The van der Waals surface area contributed by atoms with Gasteiger partial charge in [0.15, 0.2) is 19.0 Å². The van der Waals surface area contributed by atoms with Gasteiger partial charge in [0.2, 0.25) is 0 Å². The molecule has 2 aromatic carbocycles. The van der Waals surface area contributed by atoms with Crippen molar-refractivity contribution in [3.63, 3.8) is 0 Å². The molecule has 28 heavy (non-hydrogen) atoms. The van der Waals surface area contributed by atoms with Crippen molar-refractivity contribution in [2.45, 2.75) is 51.9 Å². The smallest absolute Gasteiger partial charge is 0.344 e. The van der Waals surface area contributed by atoms with Crippen molar-refractivity contribution >= 4 is 11.8 Å². The summed E-state index contributed by atoms with van der Waals surface area (Å²) >= 11 is 0. The van der Waals surface area contributed by atoms with Crippen LogP contribution in [-0.4, -0.2) is 25.0 Å². The lowest BCUT2D eigenvalue weighted by Crippen LogP contribution is -2.19. The quantitative estimate of drug-likeness (QED) is 0.492. The topological polar surface area (TPSA) is 52.6 Å². The second-order valence-electron chi connectivity index (χ2n) is 7.58. The van der Waals surface area contributed by atoms with Crippen LogP contribution in [0.1, 0.15) is 65.1 Å². The third kappa shape index (κ3) is 5.44. The van der Waals surface area contributed by atoms with Crippen molar-refractivity contribution < 1.29 is 19.1 Å². The van der Waals surface area contributed by atoms with Crippen LogP contribution in [0.5, 0.6) is 5.75 Å². The first-order valence-corrected chi connectivity index (χ1v) is 10.0. The van der Waals surface area contributed by atoms with Crippen molar-refractivity contribution in [3.8, 4) is 5.75 Å². The Bertz CT molecular complexity index is 817. The highest BCUT2D eigenvalue weighted by Crippen LogP contribution is 2.32. The van der Waals surface area contributed by atoms with Crippen LogP contribution in [0.3, 0.4) is 0 Å². The Morgan fingerprint density at radius 3 is 2.29 bits per heavy atom. The van der Waals surface area contributed by atoms with Crippen LogP contribution in [0, 0.1) is 13.8 Å². The number of hydrogen-bond donors (Lipinski definition) is 0. The minimum atomic E-state index is -0.551. The van der Waals surface area contributed by atoms with Crippen LogP contribution in [0.15, 0.2) is 42.5 Å². The zero-order valence-corrected chi connectivity index (χ0v) is 16.7. The number of aryl methyl sites for hydroxylation is 2. The summed E-state index contributed by atoms with van der Waals surface area (Å²) in [5.74, 6) is 0.475.